The number of hydrogen-bond acceptors (Lipinski definition) is 2. The molecule has 0 spiro atoms. The van der Waals surface area contributed by atoms with Crippen LogP contribution in [0.15, 0.2) is 42.5 Å². The average molecular weight is 367 g/mol. The van der Waals surface area contributed by atoms with Gasteiger partial charge in [0, 0.05) is 26.2 Å². The number of benzene rings is 1. The molecule has 1 N–H and O–H groups in total. The van der Waals surface area contributed by atoms with Crippen LogP contribution in [0.25, 0.3) is 5.57 Å². The lowest BCUT2D eigenvalue weighted by molar-refractivity contribution is 0.341. The number of nitrogens with one attached hydrogen (secondary N) is 1. The summed E-state index contributed by atoms with van der Waals surface area (Å²) in [4.78, 5) is 0. The van der Waals surface area contributed by atoms with E-state index in [0.29, 0.717) is 5.92 Å². The van der Waals surface area contributed by atoms with Crippen LogP contribution in [0.4, 0.5) is 0 Å². The fourth-order valence-electron chi connectivity index (χ4n) is 6.01. The SMILES string of the molecule is Cc1ccc(C2=CC=CC3C2CC(C)C3[Si](C)(C)N2CCNCC2)cc1. The van der Waals surface area contributed by atoms with Gasteiger partial charge in [0.1, 0.15) is 8.24 Å². The molecule has 26 heavy (non-hydrogen) atoms. The zero-order chi connectivity index (χ0) is 18.3. The van der Waals surface area contributed by atoms with Crippen molar-refractivity contribution in [2.45, 2.75) is 38.9 Å². The molecular formula is C23H34N2Si. The molecule has 3 heteroatoms. The molecule has 2 nitrogen and oxygen atoms in total. The fourth-order valence-corrected chi connectivity index (χ4v) is 10.6. The van der Waals surface area contributed by atoms with Crippen LogP contribution < -0.4 is 5.32 Å². The van der Waals surface area contributed by atoms with Gasteiger partial charge in [-0.3, -0.25) is 0 Å². The number of aryl methyl sites for hydroxylation is 1. The first-order chi connectivity index (χ1) is 12.5. The fraction of sp³-hybridized carbons (Fsp3) is 0.565. The van der Waals surface area contributed by atoms with E-state index in [9.17, 15) is 0 Å². The van der Waals surface area contributed by atoms with Crippen molar-refractivity contribution in [1.82, 2.24) is 9.88 Å². The summed E-state index contributed by atoms with van der Waals surface area (Å²) in [7, 11) is -1.47. The van der Waals surface area contributed by atoms with Gasteiger partial charge in [-0.1, -0.05) is 68.1 Å². The van der Waals surface area contributed by atoms with E-state index in [-0.39, 0.29) is 0 Å². The molecule has 4 rings (SSSR count). The molecule has 0 amide bonds. The summed E-state index contributed by atoms with van der Waals surface area (Å²) in [5.41, 5.74) is 5.22. The van der Waals surface area contributed by atoms with E-state index in [1.165, 1.54) is 30.6 Å². The minimum Gasteiger partial charge on any atom is -0.321 e. The van der Waals surface area contributed by atoms with Crippen molar-refractivity contribution in [2.24, 2.45) is 17.8 Å². The van der Waals surface area contributed by atoms with Crippen LogP contribution in [0.3, 0.4) is 0 Å². The van der Waals surface area contributed by atoms with Gasteiger partial charge in [0.05, 0.1) is 0 Å². The maximum absolute atomic E-state index is 3.54. The molecule has 2 fully saturated rings. The minimum absolute atomic E-state index is 0.706. The normalized spacial score (nSPS) is 32.4. The number of rotatable bonds is 3. The molecule has 1 aliphatic heterocycles. The van der Waals surface area contributed by atoms with E-state index in [0.717, 1.165) is 30.5 Å². The van der Waals surface area contributed by atoms with Gasteiger partial charge in [-0.2, -0.15) is 0 Å². The highest BCUT2D eigenvalue weighted by atomic mass is 28.3. The standard InChI is InChI=1S/C23H34N2Si/c1-17-8-10-19(11-9-17)20-6-5-7-21-22(20)16-18(2)23(21)26(3,4)25-14-12-24-13-15-25/h5-11,18,21-24H,12-16H2,1-4H3. The predicted molar refractivity (Wildman–Crippen MR) is 115 cm³/mol. The van der Waals surface area contributed by atoms with Gasteiger partial charge in [0.2, 0.25) is 0 Å². The second-order valence-corrected chi connectivity index (χ2v) is 13.8. The number of hydrogen-bond donors (Lipinski definition) is 1. The molecule has 0 bridgehead atoms. The number of nitrogens with zero attached hydrogens (tertiary/aromatic N) is 1. The van der Waals surface area contributed by atoms with E-state index < -0.39 is 8.24 Å². The molecule has 1 saturated heterocycles. The van der Waals surface area contributed by atoms with E-state index in [2.05, 4.69) is 79.3 Å². The monoisotopic (exact) mass is 366 g/mol. The van der Waals surface area contributed by atoms with Crippen LogP contribution >= 0.6 is 0 Å². The summed E-state index contributed by atoms with van der Waals surface area (Å²) in [6.07, 6.45) is 8.64. The highest BCUT2D eigenvalue weighted by Gasteiger charge is 2.52. The predicted octanol–water partition coefficient (Wildman–Crippen LogP) is 4.70. The van der Waals surface area contributed by atoms with E-state index in [1.807, 2.05) is 0 Å². The first kappa shape index (κ1) is 18.2. The van der Waals surface area contributed by atoms with Crippen LogP contribution in [-0.4, -0.2) is 39.0 Å². The Bertz CT molecular complexity index is 697. The molecule has 140 valence electrons. The third kappa shape index (κ3) is 3.15. The van der Waals surface area contributed by atoms with Crippen molar-refractivity contribution in [3.8, 4) is 0 Å². The summed E-state index contributed by atoms with van der Waals surface area (Å²) < 4.78 is 2.88. The Morgan fingerprint density at radius 1 is 1.08 bits per heavy atom. The first-order valence-corrected chi connectivity index (χ1v) is 13.4. The van der Waals surface area contributed by atoms with E-state index in [1.54, 1.807) is 5.57 Å². The third-order valence-electron chi connectivity index (χ3n) is 7.26. The Balaban J connectivity index is 1.62. The van der Waals surface area contributed by atoms with Crippen LogP contribution in [0, 0.1) is 24.7 Å². The zero-order valence-corrected chi connectivity index (χ0v) is 17.8. The Labute approximate surface area is 160 Å². The minimum atomic E-state index is -1.47. The summed E-state index contributed by atoms with van der Waals surface area (Å²) in [5.74, 6) is 2.25. The third-order valence-corrected chi connectivity index (χ3v) is 11.9. The van der Waals surface area contributed by atoms with Gasteiger partial charge in [-0.15, -0.1) is 0 Å². The van der Waals surface area contributed by atoms with Crippen molar-refractivity contribution in [3.63, 3.8) is 0 Å². The van der Waals surface area contributed by atoms with Crippen molar-refractivity contribution in [2.75, 3.05) is 26.2 Å². The van der Waals surface area contributed by atoms with Gasteiger partial charge in [0.15, 0.2) is 0 Å². The Morgan fingerprint density at radius 3 is 2.46 bits per heavy atom. The number of fused-ring (bicyclic) bond motifs is 1. The average Bonchev–Trinajstić information content (AvgIpc) is 2.99. The molecule has 1 aromatic rings. The Kier molecular flexibility index (Phi) is 4.97. The molecule has 2 aliphatic carbocycles. The highest BCUT2D eigenvalue weighted by Crippen LogP contribution is 2.56. The highest BCUT2D eigenvalue weighted by molar-refractivity contribution is 6.76. The van der Waals surface area contributed by atoms with Crippen molar-refractivity contribution in [1.29, 1.82) is 0 Å². The van der Waals surface area contributed by atoms with Gasteiger partial charge >= 0.3 is 0 Å². The molecular weight excluding hydrogens is 332 g/mol. The molecule has 1 aromatic carbocycles. The Morgan fingerprint density at radius 2 is 1.77 bits per heavy atom. The summed E-state index contributed by atoms with van der Waals surface area (Å²) in [6, 6.07) is 9.18. The van der Waals surface area contributed by atoms with Crippen LogP contribution in [0.1, 0.15) is 24.5 Å². The second-order valence-electron chi connectivity index (χ2n) is 9.19. The van der Waals surface area contributed by atoms with Gasteiger partial charge < -0.3 is 9.88 Å². The Hall–Kier alpha value is -1.16. The number of allylic oxidation sites excluding steroid dienone is 4. The molecule has 1 saturated carbocycles. The van der Waals surface area contributed by atoms with E-state index in [4.69, 9.17) is 0 Å². The van der Waals surface area contributed by atoms with Crippen molar-refractivity contribution >= 4 is 13.8 Å². The molecule has 3 aliphatic rings. The lowest BCUT2D eigenvalue weighted by atomic mass is 9.81. The van der Waals surface area contributed by atoms with Crippen LogP contribution in [0.5, 0.6) is 0 Å². The smallest absolute Gasteiger partial charge is 0.126 e. The van der Waals surface area contributed by atoms with E-state index >= 15 is 0 Å². The maximum Gasteiger partial charge on any atom is 0.126 e. The maximum atomic E-state index is 3.54. The molecule has 4 unspecified atom stereocenters. The topological polar surface area (TPSA) is 15.3 Å². The summed E-state index contributed by atoms with van der Waals surface area (Å²) in [5, 5.41) is 3.54. The first-order valence-electron chi connectivity index (χ1n) is 10.4. The summed E-state index contributed by atoms with van der Waals surface area (Å²) >= 11 is 0. The molecule has 1 heterocycles. The van der Waals surface area contributed by atoms with Crippen molar-refractivity contribution < 1.29 is 0 Å². The molecule has 0 aromatic heterocycles. The van der Waals surface area contributed by atoms with Gasteiger partial charge in [-0.05, 0) is 47.8 Å². The lowest BCUT2D eigenvalue weighted by Gasteiger charge is -2.47. The van der Waals surface area contributed by atoms with Crippen LogP contribution in [-0.2, 0) is 0 Å². The molecule has 4 atom stereocenters. The summed E-state index contributed by atoms with van der Waals surface area (Å²) in [6.45, 7) is 14.8. The van der Waals surface area contributed by atoms with Gasteiger partial charge in [-0.25, -0.2) is 0 Å². The largest absolute Gasteiger partial charge is 0.321 e. The lowest BCUT2D eigenvalue weighted by Crippen LogP contribution is -2.60. The van der Waals surface area contributed by atoms with Crippen LogP contribution in [0.2, 0.25) is 18.6 Å². The second kappa shape index (κ2) is 7.10. The quantitative estimate of drug-likeness (QED) is 0.780. The molecule has 0 radical (unpaired) electrons. The zero-order valence-electron chi connectivity index (χ0n) is 16.8. The van der Waals surface area contributed by atoms with Crippen molar-refractivity contribution in [3.05, 3.63) is 53.6 Å². The van der Waals surface area contributed by atoms with Gasteiger partial charge in [0.25, 0.3) is 0 Å². The number of piperazine rings is 1.